The zero-order chi connectivity index (χ0) is 23.8. The van der Waals surface area contributed by atoms with Crippen LogP contribution in [-0.4, -0.2) is 38.5 Å². The van der Waals surface area contributed by atoms with Crippen LogP contribution in [0.1, 0.15) is 11.3 Å². The van der Waals surface area contributed by atoms with Gasteiger partial charge < -0.3 is 14.8 Å². The molecule has 1 amide bonds. The van der Waals surface area contributed by atoms with Crippen LogP contribution in [0.3, 0.4) is 0 Å². The van der Waals surface area contributed by atoms with E-state index in [4.69, 9.17) is 9.84 Å². The van der Waals surface area contributed by atoms with Crippen molar-refractivity contribution < 1.29 is 19.0 Å². The number of rotatable bonds is 5. The van der Waals surface area contributed by atoms with Gasteiger partial charge in [-0.1, -0.05) is 24.3 Å². The zero-order valence-corrected chi connectivity index (χ0v) is 17.8. The SMILES string of the molecule is COc1cc(F)c(-c2ccc3[nH]c(NC(=O)O)nc3c2)cc1Cc1n[nH]c(=O)c2ccccc12. The summed E-state index contributed by atoms with van der Waals surface area (Å²) in [7, 11) is 1.46. The summed E-state index contributed by atoms with van der Waals surface area (Å²) in [6.07, 6.45) is -0.945. The summed E-state index contributed by atoms with van der Waals surface area (Å²) >= 11 is 0. The molecule has 5 aromatic rings. The number of imidazole rings is 1. The van der Waals surface area contributed by atoms with Crippen LogP contribution < -0.4 is 15.6 Å². The molecule has 0 bridgehead atoms. The Morgan fingerprint density at radius 2 is 1.94 bits per heavy atom. The molecule has 170 valence electrons. The van der Waals surface area contributed by atoms with Crippen LogP contribution in [0.5, 0.6) is 5.75 Å². The molecule has 0 saturated carbocycles. The molecule has 3 aromatic carbocycles. The molecule has 2 aromatic heterocycles. The van der Waals surface area contributed by atoms with E-state index in [2.05, 4.69) is 25.5 Å². The molecule has 0 spiro atoms. The Kier molecular flexibility index (Phi) is 5.17. The molecular weight excluding hydrogens is 441 g/mol. The smallest absolute Gasteiger partial charge is 0.411 e. The number of aromatic nitrogens is 4. The van der Waals surface area contributed by atoms with Gasteiger partial charge in [0.2, 0.25) is 5.95 Å². The molecule has 9 nitrogen and oxygen atoms in total. The fourth-order valence-electron chi connectivity index (χ4n) is 3.97. The summed E-state index contributed by atoms with van der Waals surface area (Å²) in [5.41, 5.74) is 2.98. The lowest BCUT2D eigenvalue weighted by Crippen LogP contribution is -2.11. The van der Waals surface area contributed by atoms with Crippen molar-refractivity contribution in [2.24, 2.45) is 0 Å². The van der Waals surface area contributed by atoms with Crippen molar-refractivity contribution in [3.8, 4) is 16.9 Å². The van der Waals surface area contributed by atoms with Crippen molar-refractivity contribution in [3.05, 3.63) is 82.0 Å². The number of methoxy groups -OCH3 is 1. The second-order valence-corrected chi connectivity index (χ2v) is 7.61. The van der Waals surface area contributed by atoms with Crippen LogP contribution in [0.15, 0.2) is 59.4 Å². The lowest BCUT2D eigenvalue weighted by Gasteiger charge is -2.13. The highest BCUT2D eigenvalue weighted by atomic mass is 19.1. The first kappa shape index (κ1) is 21.1. The third kappa shape index (κ3) is 3.81. The van der Waals surface area contributed by atoms with Gasteiger partial charge in [-0.25, -0.2) is 19.3 Å². The Balaban J connectivity index is 1.59. The van der Waals surface area contributed by atoms with Crippen LogP contribution in [0, 0.1) is 5.82 Å². The van der Waals surface area contributed by atoms with Gasteiger partial charge in [0.1, 0.15) is 11.6 Å². The van der Waals surface area contributed by atoms with Crippen LogP contribution >= 0.6 is 0 Å². The summed E-state index contributed by atoms with van der Waals surface area (Å²) in [5, 5.41) is 19.0. The van der Waals surface area contributed by atoms with Gasteiger partial charge in [-0.05, 0) is 29.8 Å². The number of carbonyl (C=O) groups is 1. The first-order valence-corrected chi connectivity index (χ1v) is 10.3. The highest BCUT2D eigenvalue weighted by Crippen LogP contribution is 2.33. The van der Waals surface area contributed by atoms with Gasteiger partial charge in [-0.15, -0.1) is 0 Å². The van der Waals surface area contributed by atoms with E-state index in [1.165, 1.54) is 13.2 Å². The monoisotopic (exact) mass is 459 g/mol. The summed E-state index contributed by atoms with van der Waals surface area (Å²) in [4.78, 5) is 30.0. The number of anilines is 1. The average Bonchev–Trinajstić information content (AvgIpc) is 3.22. The maximum Gasteiger partial charge on any atom is 0.411 e. The Hall–Kier alpha value is -4.73. The highest BCUT2D eigenvalue weighted by Gasteiger charge is 2.16. The van der Waals surface area contributed by atoms with E-state index in [1.807, 2.05) is 12.1 Å². The molecule has 0 aliphatic rings. The van der Waals surface area contributed by atoms with Crippen molar-refractivity contribution in [1.29, 1.82) is 0 Å². The average molecular weight is 459 g/mol. The minimum atomic E-state index is -1.24. The number of nitrogens with one attached hydrogen (secondary N) is 3. The lowest BCUT2D eigenvalue weighted by molar-refractivity contribution is 0.209. The minimum absolute atomic E-state index is 0.0755. The van der Waals surface area contributed by atoms with Crippen LogP contribution in [0.2, 0.25) is 0 Å². The lowest BCUT2D eigenvalue weighted by atomic mass is 9.97. The molecule has 34 heavy (non-hydrogen) atoms. The number of hydrogen-bond acceptors (Lipinski definition) is 5. The molecule has 0 unspecified atom stereocenters. The van der Waals surface area contributed by atoms with E-state index in [-0.39, 0.29) is 11.5 Å². The van der Waals surface area contributed by atoms with Gasteiger partial charge in [0, 0.05) is 29.0 Å². The fraction of sp³-hybridized carbons (Fsp3) is 0.0833. The number of nitrogens with zero attached hydrogens (tertiary/aromatic N) is 2. The molecule has 5 rings (SSSR count). The topological polar surface area (TPSA) is 133 Å². The number of fused-ring (bicyclic) bond motifs is 2. The highest BCUT2D eigenvalue weighted by molar-refractivity contribution is 5.88. The van der Waals surface area contributed by atoms with Crippen molar-refractivity contribution in [2.45, 2.75) is 6.42 Å². The van der Waals surface area contributed by atoms with Crippen molar-refractivity contribution in [1.82, 2.24) is 20.2 Å². The molecule has 10 heteroatoms. The number of ether oxygens (including phenoxy) is 1. The maximum atomic E-state index is 15.1. The Morgan fingerprint density at radius 1 is 1.15 bits per heavy atom. The molecule has 0 saturated heterocycles. The van der Waals surface area contributed by atoms with Gasteiger partial charge in [0.05, 0.1) is 29.2 Å². The van der Waals surface area contributed by atoms with Gasteiger partial charge in [0.25, 0.3) is 5.56 Å². The van der Waals surface area contributed by atoms with Gasteiger partial charge in [-0.2, -0.15) is 5.10 Å². The van der Waals surface area contributed by atoms with E-state index in [1.54, 1.807) is 36.4 Å². The van der Waals surface area contributed by atoms with Gasteiger partial charge >= 0.3 is 6.09 Å². The third-order valence-corrected chi connectivity index (χ3v) is 5.52. The summed E-state index contributed by atoms with van der Waals surface area (Å²) in [6, 6.07) is 15.2. The number of halogens is 1. The molecule has 4 N–H and O–H groups in total. The third-order valence-electron chi connectivity index (χ3n) is 5.52. The number of hydrogen-bond donors (Lipinski definition) is 4. The zero-order valence-electron chi connectivity index (χ0n) is 17.8. The van der Waals surface area contributed by atoms with Gasteiger partial charge in [0.15, 0.2) is 0 Å². The number of carboxylic acid groups (broad SMARTS) is 1. The fourth-order valence-corrected chi connectivity index (χ4v) is 3.97. The molecule has 0 atom stereocenters. The van der Waals surface area contributed by atoms with Crippen LogP contribution in [0.4, 0.5) is 15.1 Å². The Labute approximate surface area is 191 Å². The Morgan fingerprint density at radius 3 is 2.71 bits per heavy atom. The standard InChI is InChI=1S/C24H18FN5O4/c1-34-21-11-17(25)16(12-6-7-18-20(9-12)27-23(26-18)28-24(32)33)8-13(21)10-19-14-4-2-3-5-15(14)22(31)30-29-19/h2-9,11H,10H2,1H3,(H,30,31)(H,32,33)(H2,26,27,28). The number of benzene rings is 3. The molecular formula is C24H18FN5O4. The molecule has 0 aliphatic carbocycles. The van der Waals surface area contributed by atoms with Crippen molar-refractivity contribution in [3.63, 3.8) is 0 Å². The first-order valence-electron chi connectivity index (χ1n) is 10.3. The molecule has 0 fully saturated rings. The van der Waals surface area contributed by atoms with E-state index in [0.29, 0.717) is 56.4 Å². The van der Waals surface area contributed by atoms with Crippen molar-refractivity contribution in [2.75, 3.05) is 12.4 Å². The number of H-pyrrole nitrogens is 2. The van der Waals surface area contributed by atoms with Gasteiger partial charge in [-0.3, -0.25) is 10.1 Å². The summed E-state index contributed by atoms with van der Waals surface area (Å²) < 4.78 is 20.5. The molecule has 0 radical (unpaired) electrons. The quantitative estimate of drug-likeness (QED) is 0.310. The molecule has 0 aliphatic heterocycles. The molecule has 2 heterocycles. The second-order valence-electron chi connectivity index (χ2n) is 7.61. The minimum Gasteiger partial charge on any atom is -0.496 e. The predicted molar refractivity (Wildman–Crippen MR) is 125 cm³/mol. The van der Waals surface area contributed by atoms with E-state index in [9.17, 15) is 9.59 Å². The number of amides is 1. The van der Waals surface area contributed by atoms with E-state index in [0.717, 1.165) is 0 Å². The van der Waals surface area contributed by atoms with Crippen molar-refractivity contribution >= 4 is 33.8 Å². The maximum absolute atomic E-state index is 15.1. The van der Waals surface area contributed by atoms with E-state index < -0.39 is 11.9 Å². The number of aromatic amines is 2. The second kappa shape index (κ2) is 8.32. The summed E-state index contributed by atoms with van der Waals surface area (Å²) in [5.74, 6) is -0.0580. The summed E-state index contributed by atoms with van der Waals surface area (Å²) in [6.45, 7) is 0. The predicted octanol–water partition coefficient (Wildman–Crippen LogP) is 4.29. The first-order chi connectivity index (χ1) is 16.4. The normalized spacial score (nSPS) is 11.1. The van der Waals surface area contributed by atoms with Crippen LogP contribution in [-0.2, 0) is 6.42 Å². The Bertz CT molecular complexity index is 1630. The van der Waals surface area contributed by atoms with E-state index >= 15 is 4.39 Å². The van der Waals surface area contributed by atoms with Crippen LogP contribution in [0.25, 0.3) is 32.9 Å². The largest absolute Gasteiger partial charge is 0.496 e.